The Bertz CT molecular complexity index is 1780. The van der Waals surface area contributed by atoms with Crippen LogP contribution < -0.4 is 24.4 Å². The van der Waals surface area contributed by atoms with E-state index in [1.54, 1.807) is 37.9 Å². The minimum Gasteiger partial charge on any atom is -0.497 e. The molecule has 1 aliphatic heterocycles. The summed E-state index contributed by atoms with van der Waals surface area (Å²) < 4.78 is 18.5. The molecule has 0 N–H and O–H groups in total. The van der Waals surface area contributed by atoms with Crippen LogP contribution >= 0.6 is 11.3 Å². The molecule has 4 aromatic rings. The van der Waals surface area contributed by atoms with Crippen molar-refractivity contribution in [2.75, 3.05) is 20.8 Å². The minimum atomic E-state index is -0.721. The van der Waals surface area contributed by atoms with Crippen molar-refractivity contribution in [2.24, 2.45) is 4.99 Å². The summed E-state index contributed by atoms with van der Waals surface area (Å²) in [5.74, 6) is 1.06. The average molecular weight is 569 g/mol. The molecule has 7 nitrogen and oxygen atoms in total. The van der Waals surface area contributed by atoms with E-state index in [1.165, 1.54) is 11.3 Å². The summed E-state index contributed by atoms with van der Waals surface area (Å²) in [5.41, 5.74) is 4.04. The Labute approximate surface area is 242 Å². The maximum absolute atomic E-state index is 14.1. The number of benzene rings is 3. The highest BCUT2D eigenvalue weighted by Gasteiger charge is 2.35. The monoisotopic (exact) mass is 568 g/mol. The highest BCUT2D eigenvalue weighted by molar-refractivity contribution is 7.07. The third-order valence-electron chi connectivity index (χ3n) is 7.02. The lowest BCUT2D eigenvalue weighted by atomic mass is 9.91. The van der Waals surface area contributed by atoms with E-state index in [4.69, 9.17) is 19.2 Å². The smallest absolute Gasteiger partial charge is 0.338 e. The Morgan fingerprint density at radius 3 is 2.39 bits per heavy atom. The Morgan fingerprint density at radius 2 is 1.76 bits per heavy atom. The van der Waals surface area contributed by atoms with Crippen LogP contribution in [0.3, 0.4) is 0 Å². The van der Waals surface area contributed by atoms with E-state index in [0.717, 1.165) is 22.3 Å². The van der Waals surface area contributed by atoms with Crippen molar-refractivity contribution in [1.82, 2.24) is 4.57 Å². The Hall–Kier alpha value is -4.43. The molecular weight excluding hydrogens is 536 g/mol. The predicted octanol–water partition coefficient (Wildman–Crippen LogP) is 5.08. The first-order chi connectivity index (χ1) is 19.9. The number of rotatable bonds is 8. The number of carbonyl (C=O) groups excluding carboxylic acids is 1. The predicted molar refractivity (Wildman–Crippen MR) is 161 cm³/mol. The molecule has 0 unspecified atom stereocenters. The maximum Gasteiger partial charge on any atom is 0.338 e. The van der Waals surface area contributed by atoms with Crippen LogP contribution in [0.4, 0.5) is 0 Å². The van der Waals surface area contributed by atoms with Crippen LogP contribution in [-0.2, 0) is 9.53 Å². The molecule has 41 heavy (non-hydrogen) atoms. The molecule has 1 aliphatic rings. The summed E-state index contributed by atoms with van der Waals surface area (Å²) in [6.45, 7) is 6.22. The zero-order valence-electron chi connectivity index (χ0n) is 23.7. The van der Waals surface area contributed by atoms with Crippen LogP contribution in [-0.4, -0.2) is 31.4 Å². The molecule has 0 radical (unpaired) electrons. The van der Waals surface area contributed by atoms with E-state index in [9.17, 15) is 9.59 Å². The molecule has 0 bridgehead atoms. The second-order valence-corrected chi connectivity index (χ2v) is 10.9. The van der Waals surface area contributed by atoms with Gasteiger partial charge < -0.3 is 14.2 Å². The van der Waals surface area contributed by atoms with Gasteiger partial charge in [-0.05, 0) is 42.2 Å². The molecule has 8 heteroatoms. The quantitative estimate of drug-likeness (QED) is 0.277. The molecule has 0 fully saturated rings. The molecule has 0 saturated heterocycles. The van der Waals surface area contributed by atoms with Crippen molar-refractivity contribution in [2.45, 2.75) is 32.7 Å². The van der Waals surface area contributed by atoms with Crippen LogP contribution in [0.15, 0.2) is 88.2 Å². The van der Waals surface area contributed by atoms with E-state index in [0.29, 0.717) is 38.0 Å². The van der Waals surface area contributed by atoms with Crippen LogP contribution in [0, 0.1) is 0 Å². The van der Waals surface area contributed by atoms with E-state index >= 15 is 0 Å². The van der Waals surface area contributed by atoms with Crippen LogP contribution in [0.25, 0.3) is 11.8 Å². The number of nitrogens with zero attached hydrogens (tertiary/aromatic N) is 2. The molecule has 2 heterocycles. The number of fused-ring (bicyclic) bond motifs is 1. The van der Waals surface area contributed by atoms with Gasteiger partial charge in [0.05, 0.1) is 42.7 Å². The molecule has 210 valence electrons. The Balaban J connectivity index is 1.80. The summed E-state index contributed by atoms with van der Waals surface area (Å²) in [7, 11) is 3.16. The number of methoxy groups -OCH3 is 2. The number of aromatic nitrogens is 1. The maximum atomic E-state index is 14.1. The van der Waals surface area contributed by atoms with Crippen LogP contribution in [0.1, 0.15) is 55.0 Å². The number of thiazole rings is 1. The largest absolute Gasteiger partial charge is 0.497 e. The summed E-state index contributed by atoms with van der Waals surface area (Å²) in [4.78, 5) is 33.1. The summed E-state index contributed by atoms with van der Waals surface area (Å²) in [5, 5.41) is 0. The van der Waals surface area contributed by atoms with Gasteiger partial charge in [0.15, 0.2) is 4.80 Å². The second kappa shape index (κ2) is 12.0. The third-order valence-corrected chi connectivity index (χ3v) is 8.00. The van der Waals surface area contributed by atoms with Gasteiger partial charge in [-0.3, -0.25) is 9.36 Å². The number of ether oxygens (including phenoxy) is 3. The summed E-state index contributed by atoms with van der Waals surface area (Å²) in [6, 6.07) is 22.3. The molecule has 1 aromatic heterocycles. The average Bonchev–Trinajstić information content (AvgIpc) is 3.31. The van der Waals surface area contributed by atoms with Gasteiger partial charge in [0.2, 0.25) is 0 Å². The topological polar surface area (TPSA) is 79.1 Å². The lowest BCUT2D eigenvalue weighted by Gasteiger charge is -2.26. The molecular formula is C33H32N2O5S. The fourth-order valence-corrected chi connectivity index (χ4v) is 5.89. The van der Waals surface area contributed by atoms with Gasteiger partial charge in [0, 0.05) is 17.2 Å². The van der Waals surface area contributed by atoms with E-state index < -0.39 is 12.0 Å². The van der Waals surface area contributed by atoms with Crippen molar-refractivity contribution < 1.29 is 19.0 Å². The van der Waals surface area contributed by atoms with Crippen molar-refractivity contribution in [3.05, 3.63) is 120 Å². The summed E-state index contributed by atoms with van der Waals surface area (Å²) >= 11 is 1.27. The van der Waals surface area contributed by atoms with E-state index in [1.807, 2.05) is 66.7 Å². The fourth-order valence-electron chi connectivity index (χ4n) is 4.90. The zero-order chi connectivity index (χ0) is 29.1. The number of hydrogen-bond acceptors (Lipinski definition) is 7. The molecule has 0 spiro atoms. The zero-order valence-corrected chi connectivity index (χ0v) is 24.5. The SMILES string of the molecule is CCOC(=O)C1=C(c2ccccc2)N=c2s/c(=C\c3ccc(OC)cc3OC)c(=O)n2[C@@H]1c1ccc(C(C)C)cc1. The summed E-state index contributed by atoms with van der Waals surface area (Å²) in [6.07, 6.45) is 1.79. The van der Waals surface area contributed by atoms with Crippen LogP contribution in [0.2, 0.25) is 0 Å². The van der Waals surface area contributed by atoms with E-state index in [-0.39, 0.29) is 12.2 Å². The van der Waals surface area contributed by atoms with Gasteiger partial charge in [0.1, 0.15) is 11.5 Å². The van der Waals surface area contributed by atoms with Gasteiger partial charge >= 0.3 is 5.97 Å². The lowest BCUT2D eigenvalue weighted by molar-refractivity contribution is -0.138. The standard InChI is InChI=1S/C33H32N2O5S/c1-6-40-32(37)28-29(22-10-8-7-9-11-22)34-33-35(30(28)23-14-12-21(13-15-23)20(2)3)31(36)27(41-33)18-24-16-17-25(38-4)19-26(24)39-5/h7-20,30H,6H2,1-5H3/b27-18-/t30-/m1/s1. The van der Waals surface area contributed by atoms with Gasteiger partial charge in [-0.2, -0.15) is 0 Å². The molecule has 3 aromatic carbocycles. The first-order valence-electron chi connectivity index (χ1n) is 13.5. The first kappa shape index (κ1) is 28.1. The molecule has 0 amide bonds. The van der Waals surface area contributed by atoms with Crippen molar-refractivity contribution in [3.8, 4) is 11.5 Å². The van der Waals surface area contributed by atoms with Gasteiger partial charge in [0.25, 0.3) is 5.56 Å². The number of carbonyl (C=O) groups is 1. The number of esters is 1. The van der Waals surface area contributed by atoms with Crippen LogP contribution in [0.5, 0.6) is 11.5 Å². The second-order valence-electron chi connectivity index (χ2n) is 9.86. The fraction of sp³-hybridized carbons (Fsp3) is 0.242. The van der Waals surface area contributed by atoms with E-state index in [2.05, 4.69) is 13.8 Å². The normalized spacial score (nSPS) is 15.0. The van der Waals surface area contributed by atoms with Crippen molar-refractivity contribution >= 4 is 29.1 Å². The first-order valence-corrected chi connectivity index (χ1v) is 14.3. The highest BCUT2D eigenvalue weighted by Crippen LogP contribution is 2.35. The van der Waals surface area contributed by atoms with Gasteiger partial charge in [-0.25, -0.2) is 9.79 Å². The Morgan fingerprint density at radius 1 is 1.02 bits per heavy atom. The number of hydrogen-bond donors (Lipinski definition) is 0. The Kier molecular flexibility index (Phi) is 8.21. The lowest BCUT2D eigenvalue weighted by Crippen LogP contribution is -2.40. The van der Waals surface area contributed by atoms with Gasteiger partial charge in [-0.1, -0.05) is 79.8 Å². The third kappa shape index (κ3) is 5.47. The minimum absolute atomic E-state index is 0.199. The van der Waals surface area contributed by atoms with Crippen molar-refractivity contribution in [3.63, 3.8) is 0 Å². The molecule has 0 aliphatic carbocycles. The molecule has 1 atom stereocenters. The highest BCUT2D eigenvalue weighted by atomic mass is 32.1. The molecule has 5 rings (SSSR count). The van der Waals surface area contributed by atoms with Crippen molar-refractivity contribution in [1.29, 1.82) is 0 Å². The molecule has 0 saturated carbocycles. The van der Waals surface area contributed by atoms with Gasteiger partial charge in [-0.15, -0.1) is 0 Å².